The third kappa shape index (κ3) is 4.87. The molecule has 0 aliphatic heterocycles. The van der Waals surface area contributed by atoms with Gasteiger partial charge in [0.1, 0.15) is 6.54 Å². The zero-order valence-corrected chi connectivity index (χ0v) is 12.6. The van der Waals surface area contributed by atoms with Crippen molar-refractivity contribution in [2.24, 2.45) is 0 Å². The molecular weight excluding hydrogens is 301 g/mol. The van der Waals surface area contributed by atoms with Crippen LogP contribution in [0.1, 0.15) is 5.56 Å². The Morgan fingerprint density at radius 1 is 1.40 bits per heavy atom. The molecule has 1 aromatic carbocycles. The summed E-state index contributed by atoms with van der Waals surface area (Å²) in [6.45, 7) is 3.63. The molecule has 0 aliphatic carbocycles. The van der Waals surface area contributed by atoms with Gasteiger partial charge in [0.25, 0.3) is 0 Å². The maximum atomic E-state index is 11.7. The molecule has 0 aliphatic rings. The summed E-state index contributed by atoms with van der Waals surface area (Å²) < 4.78 is 4.56. The highest BCUT2D eigenvalue weighted by molar-refractivity contribution is 6.35. The molecule has 0 saturated carbocycles. The molecule has 0 unspecified atom stereocenters. The Kier molecular flexibility index (Phi) is 6.55. The van der Waals surface area contributed by atoms with Gasteiger partial charge in [-0.15, -0.1) is 0 Å². The van der Waals surface area contributed by atoms with Crippen molar-refractivity contribution in [1.82, 2.24) is 4.90 Å². The average molecular weight is 316 g/mol. The van der Waals surface area contributed by atoms with E-state index in [0.717, 1.165) is 11.6 Å². The Morgan fingerprint density at radius 3 is 2.65 bits per heavy atom. The summed E-state index contributed by atoms with van der Waals surface area (Å²) in [4.78, 5) is 24.3. The molecule has 4 nitrogen and oxygen atoms in total. The fourth-order valence-electron chi connectivity index (χ4n) is 1.60. The molecule has 1 amide bonds. The lowest BCUT2D eigenvalue weighted by molar-refractivity contribution is -0.145. The van der Waals surface area contributed by atoms with Gasteiger partial charge in [0.15, 0.2) is 0 Å². The number of methoxy groups -OCH3 is 1. The van der Waals surface area contributed by atoms with Crippen LogP contribution in [0, 0.1) is 0 Å². The summed E-state index contributed by atoms with van der Waals surface area (Å²) in [5.74, 6) is -0.817. The molecular formula is C14H15Cl2NO3. The maximum Gasteiger partial charge on any atom is 0.325 e. The van der Waals surface area contributed by atoms with Crippen molar-refractivity contribution in [3.63, 3.8) is 0 Å². The zero-order valence-electron chi connectivity index (χ0n) is 11.1. The van der Waals surface area contributed by atoms with Crippen molar-refractivity contribution in [3.8, 4) is 0 Å². The van der Waals surface area contributed by atoms with Crippen LogP contribution >= 0.6 is 23.2 Å². The predicted molar refractivity (Wildman–Crippen MR) is 79.0 cm³/mol. The second-order valence-electron chi connectivity index (χ2n) is 4.03. The Labute approximate surface area is 127 Å². The summed E-state index contributed by atoms with van der Waals surface area (Å²) in [5.41, 5.74) is 0.850. The van der Waals surface area contributed by atoms with Crippen LogP contribution in [0.25, 0.3) is 0 Å². The van der Waals surface area contributed by atoms with Crippen LogP contribution in [0.2, 0.25) is 10.0 Å². The minimum Gasteiger partial charge on any atom is -0.468 e. The van der Waals surface area contributed by atoms with Gasteiger partial charge < -0.3 is 9.64 Å². The number of nitrogens with zero attached hydrogens (tertiary/aromatic N) is 1. The first-order valence-electron chi connectivity index (χ1n) is 5.90. The monoisotopic (exact) mass is 315 g/mol. The normalized spacial score (nSPS) is 9.95. The summed E-state index contributed by atoms with van der Waals surface area (Å²) in [6, 6.07) is 5.15. The lowest BCUT2D eigenvalue weighted by Crippen LogP contribution is -2.36. The van der Waals surface area contributed by atoms with E-state index in [9.17, 15) is 9.59 Å². The van der Waals surface area contributed by atoms with Gasteiger partial charge in [-0.05, 0) is 30.2 Å². The van der Waals surface area contributed by atoms with E-state index in [-0.39, 0.29) is 12.5 Å². The minimum atomic E-state index is -0.484. The van der Waals surface area contributed by atoms with E-state index in [0.29, 0.717) is 23.0 Å². The van der Waals surface area contributed by atoms with Crippen LogP contribution < -0.4 is 0 Å². The number of benzene rings is 1. The van der Waals surface area contributed by atoms with Gasteiger partial charge in [-0.25, -0.2) is 0 Å². The number of carbonyl (C=O) groups is 2. The SMILES string of the molecule is C=CC(=O)N(CCc1ccc(Cl)cc1Cl)CC(=O)OC. The molecule has 1 rings (SSSR count). The standard InChI is InChI=1S/C14H15Cl2NO3/c1-3-13(18)17(9-14(19)20-2)7-6-10-4-5-11(15)8-12(10)16/h3-5,8H,1,6-7,9H2,2H3. The molecule has 0 spiro atoms. The molecule has 0 N–H and O–H groups in total. The van der Waals surface area contributed by atoms with Crippen molar-refractivity contribution >= 4 is 35.1 Å². The van der Waals surface area contributed by atoms with Crippen molar-refractivity contribution in [1.29, 1.82) is 0 Å². The van der Waals surface area contributed by atoms with Crippen molar-refractivity contribution in [2.45, 2.75) is 6.42 Å². The van der Waals surface area contributed by atoms with Gasteiger partial charge in [0.05, 0.1) is 7.11 Å². The molecule has 0 saturated heterocycles. The highest BCUT2D eigenvalue weighted by atomic mass is 35.5. The maximum absolute atomic E-state index is 11.7. The number of halogens is 2. The first kappa shape index (κ1) is 16.5. The molecule has 0 heterocycles. The van der Waals surface area contributed by atoms with E-state index in [4.69, 9.17) is 23.2 Å². The lowest BCUT2D eigenvalue weighted by Gasteiger charge is -2.20. The van der Waals surface area contributed by atoms with E-state index >= 15 is 0 Å². The quantitative estimate of drug-likeness (QED) is 0.599. The van der Waals surface area contributed by atoms with Gasteiger partial charge in [-0.2, -0.15) is 0 Å². The van der Waals surface area contributed by atoms with Gasteiger partial charge in [0.2, 0.25) is 5.91 Å². The highest BCUT2D eigenvalue weighted by Gasteiger charge is 2.15. The second kappa shape index (κ2) is 7.92. The third-order valence-electron chi connectivity index (χ3n) is 2.70. The molecule has 0 fully saturated rings. The lowest BCUT2D eigenvalue weighted by atomic mass is 10.1. The van der Waals surface area contributed by atoms with Crippen molar-refractivity contribution in [3.05, 3.63) is 46.5 Å². The number of hydrogen-bond acceptors (Lipinski definition) is 3. The Morgan fingerprint density at radius 2 is 2.10 bits per heavy atom. The fourth-order valence-corrected chi connectivity index (χ4v) is 2.10. The summed E-state index contributed by atoms with van der Waals surface area (Å²) in [7, 11) is 1.27. The topological polar surface area (TPSA) is 46.6 Å². The van der Waals surface area contributed by atoms with Crippen LogP contribution in [0.15, 0.2) is 30.9 Å². The molecule has 108 valence electrons. The van der Waals surface area contributed by atoms with Gasteiger partial charge in [0, 0.05) is 16.6 Å². The van der Waals surface area contributed by atoms with Crippen LogP contribution in [0.5, 0.6) is 0 Å². The van der Waals surface area contributed by atoms with Crippen LogP contribution in [-0.2, 0) is 20.7 Å². The van der Waals surface area contributed by atoms with E-state index < -0.39 is 5.97 Å². The van der Waals surface area contributed by atoms with Gasteiger partial charge >= 0.3 is 5.97 Å². The van der Waals surface area contributed by atoms with Crippen LogP contribution in [-0.4, -0.2) is 37.0 Å². The number of hydrogen-bond donors (Lipinski definition) is 0. The average Bonchev–Trinajstić information content (AvgIpc) is 2.43. The molecule has 6 heteroatoms. The predicted octanol–water partition coefficient (Wildman–Crippen LogP) is 2.72. The van der Waals surface area contributed by atoms with Crippen LogP contribution in [0.3, 0.4) is 0 Å². The summed E-state index contributed by atoms with van der Waals surface area (Å²) in [6.07, 6.45) is 1.67. The van der Waals surface area contributed by atoms with E-state index in [1.807, 2.05) is 0 Å². The Bertz CT molecular complexity index is 517. The molecule has 0 atom stereocenters. The smallest absolute Gasteiger partial charge is 0.325 e. The zero-order chi connectivity index (χ0) is 15.1. The second-order valence-corrected chi connectivity index (χ2v) is 4.87. The fraction of sp³-hybridized carbons (Fsp3) is 0.286. The molecule has 20 heavy (non-hydrogen) atoms. The van der Waals surface area contributed by atoms with Gasteiger partial charge in [-0.1, -0.05) is 35.8 Å². The summed E-state index contributed by atoms with van der Waals surface area (Å²) in [5, 5.41) is 1.08. The first-order valence-corrected chi connectivity index (χ1v) is 6.65. The number of amides is 1. The summed E-state index contributed by atoms with van der Waals surface area (Å²) >= 11 is 11.9. The van der Waals surface area contributed by atoms with Crippen molar-refractivity contribution < 1.29 is 14.3 Å². The molecule has 1 aromatic rings. The van der Waals surface area contributed by atoms with Crippen molar-refractivity contribution in [2.75, 3.05) is 20.2 Å². The molecule has 0 radical (unpaired) electrons. The number of ether oxygens (including phenoxy) is 1. The minimum absolute atomic E-state index is 0.118. The number of carbonyl (C=O) groups excluding carboxylic acids is 2. The number of rotatable bonds is 6. The van der Waals surface area contributed by atoms with E-state index in [2.05, 4.69) is 11.3 Å². The van der Waals surface area contributed by atoms with Crippen LogP contribution in [0.4, 0.5) is 0 Å². The number of esters is 1. The largest absolute Gasteiger partial charge is 0.468 e. The third-order valence-corrected chi connectivity index (χ3v) is 3.29. The molecule has 0 bridgehead atoms. The van der Waals surface area contributed by atoms with E-state index in [1.54, 1.807) is 18.2 Å². The first-order chi connectivity index (χ1) is 9.47. The Hall–Kier alpha value is -1.52. The van der Waals surface area contributed by atoms with Gasteiger partial charge in [-0.3, -0.25) is 9.59 Å². The molecule has 0 aromatic heterocycles. The highest BCUT2D eigenvalue weighted by Crippen LogP contribution is 2.21. The van der Waals surface area contributed by atoms with E-state index in [1.165, 1.54) is 12.0 Å². The Balaban J connectivity index is 2.72.